The molecule has 2 aromatic heterocycles. The van der Waals surface area contributed by atoms with Crippen LogP contribution in [0.15, 0.2) is 0 Å². The molecule has 14 nitrogen and oxygen atoms in total. The first-order chi connectivity index (χ1) is 17.2. The molecule has 35 heavy (non-hydrogen) atoms. The molecule has 2 aromatic rings. The zero-order chi connectivity index (χ0) is 24.0. The number of ether oxygens (including phenoxy) is 6. The molecule has 0 aliphatic carbocycles. The van der Waals surface area contributed by atoms with Gasteiger partial charge in [-0.25, -0.2) is 0 Å². The second-order valence-corrected chi connectivity index (χ2v) is 9.17. The maximum absolute atomic E-state index is 10.8. The van der Waals surface area contributed by atoms with Gasteiger partial charge in [-0.2, -0.15) is 8.75 Å². The Bertz CT molecular complexity index is 853. The van der Waals surface area contributed by atoms with Crippen molar-refractivity contribution in [3.05, 3.63) is 0 Å². The van der Waals surface area contributed by atoms with Crippen molar-refractivity contribution in [2.24, 2.45) is 0 Å². The Kier molecular flexibility index (Phi) is 8.40. The van der Waals surface area contributed by atoms with Crippen LogP contribution in [0.2, 0.25) is 0 Å². The first kappa shape index (κ1) is 24.8. The maximum Gasteiger partial charge on any atom is 0.270 e. The number of aromatic nitrogens is 4. The summed E-state index contributed by atoms with van der Waals surface area (Å²) in [6, 6.07) is 0. The van der Waals surface area contributed by atoms with Crippen molar-refractivity contribution in [2.45, 2.75) is 24.4 Å². The fourth-order valence-corrected chi connectivity index (χ4v) is 4.98. The minimum atomic E-state index is -1.27. The summed E-state index contributed by atoms with van der Waals surface area (Å²) in [7, 11) is 0. The van der Waals surface area contributed by atoms with Crippen LogP contribution < -0.4 is 19.3 Å². The van der Waals surface area contributed by atoms with Crippen molar-refractivity contribution < 1.29 is 38.6 Å². The van der Waals surface area contributed by atoms with E-state index in [1.165, 1.54) is 0 Å². The Labute approximate surface area is 209 Å². The Balaban J connectivity index is 1.15. The molecule has 3 aliphatic heterocycles. The van der Waals surface area contributed by atoms with E-state index in [-0.39, 0.29) is 20.0 Å². The molecule has 3 saturated heterocycles. The average molecular weight is 533 g/mol. The lowest BCUT2D eigenvalue weighted by Crippen LogP contribution is -2.47. The zero-order valence-corrected chi connectivity index (χ0v) is 20.6. The molecule has 5 heterocycles. The predicted octanol–water partition coefficient (Wildman–Crippen LogP) is -1.02. The number of aliphatic hydroxyl groups excluding tert-OH is 2. The van der Waals surface area contributed by atoms with E-state index in [0.717, 1.165) is 23.5 Å². The Morgan fingerprint density at radius 3 is 1.57 bits per heavy atom. The van der Waals surface area contributed by atoms with Gasteiger partial charge in [0.05, 0.1) is 49.9 Å². The van der Waals surface area contributed by atoms with Crippen LogP contribution in [0.5, 0.6) is 11.8 Å². The first-order valence-electron chi connectivity index (χ1n) is 11.4. The molecule has 4 atom stereocenters. The van der Waals surface area contributed by atoms with E-state index < -0.39 is 24.4 Å². The minimum absolute atomic E-state index is 0.0326. The molecule has 0 bridgehead atoms. The van der Waals surface area contributed by atoms with Crippen molar-refractivity contribution in [3.63, 3.8) is 0 Å². The van der Waals surface area contributed by atoms with Gasteiger partial charge in [0.15, 0.2) is 0 Å². The molecule has 2 N–H and O–H groups in total. The fourth-order valence-electron chi connectivity index (χ4n) is 3.94. The smallest absolute Gasteiger partial charge is 0.270 e. The minimum Gasteiger partial charge on any atom is -0.472 e. The summed E-state index contributed by atoms with van der Waals surface area (Å²) in [5.41, 5.74) is 0. The quantitative estimate of drug-likeness (QED) is 0.426. The second-order valence-electron chi connectivity index (χ2n) is 8.12. The number of aliphatic hydroxyl groups is 2. The molecule has 0 unspecified atom stereocenters. The van der Waals surface area contributed by atoms with E-state index in [1.807, 2.05) is 9.80 Å². The van der Waals surface area contributed by atoms with E-state index in [4.69, 9.17) is 28.4 Å². The van der Waals surface area contributed by atoms with Crippen LogP contribution >= 0.6 is 23.5 Å². The normalized spacial score (nSPS) is 28.1. The molecule has 3 aliphatic rings. The van der Waals surface area contributed by atoms with Crippen LogP contribution in [0.1, 0.15) is 0 Å². The van der Waals surface area contributed by atoms with Crippen molar-refractivity contribution in [1.82, 2.24) is 17.5 Å². The molecule has 0 amide bonds. The summed E-state index contributed by atoms with van der Waals surface area (Å²) in [6.45, 7) is 5.01. The van der Waals surface area contributed by atoms with Crippen LogP contribution in [0.4, 0.5) is 11.6 Å². The van der Waals surface area contributed by atoms with Crippen LogP contribution in [0.3, 0.4) is 0 Å². The lowest BCUT2D eigenvalue weighted by molar-refractivity contribution is -0.119. The number of nitrogens with zero attached hydrogens (tertiary/aromatic N) is 6. The Hall–Kier alpha value is -1.92. The van der Waals surface area contributed by atoms with Gasteiger partial charge < -0.3 is 48.4 Å². The van der Waals surface area contributed by atoms with Gasteiger partial charge in [-0.3, -0.25) is 0 Å². The van der Waals surface area contributed by atoms with Gasteiger partial charge in [0.1, 0.15) is 44.4 Å². The Morgan fingerprint density at radius 2 is 1.14 bits per heavy atom. The van der Waals surface area contributed by atoms with Crippen molar-refractivity contribution in [2.75, 3.05) is 82.4 Å². The third-order valence-corrected chi connectivity index (χ3v) is 6.95. The summed E-state index contributed by atoms with van der Waals surface area (Å²) in [4.78, 5) is 4.08. The van der Waals surface area contributed by atoms with Gasteiger partial charge in [0.2, 0.25) is 11.6 Å². The van der Waals surface area contributed by atoms with E-state index in [9.17, 15) is 10.2 Å². The third kappa shape index (κ3) is 5.91. The molecule has 0 spiro atoms. The lowest BCUT2D eigenvalue weighted by Gasteiger charge is -2.28. The van der Waals surface area contributed by atoms with Crippen LogP contribution in [0.25, 0.3) is 0 Å². The molecule has 16 heteroatoms. The highest BCUT2D eigenvalue weighted by atomic mass is 32.1. The topological polar surface area (TPSA) is 154 Å². The van der Waals surface area contributed by atoms with E-state index >= 15 is 0 Å². The molecule has 0 radical (unpaired) electrons. The van der Waals surface area contributed by atoms with Gasteiger partial charge in [-0.1, -0.05) is 0 Å². The first-order valence-corrected chi connectivity index (χ1v) is 12.8. The number of hydrogen-bond acceptors (Lipinski definition) is 16. The van der Waals surface area contributed by atoms with Gasteiger partial charge in [-0.05, 0) is 0 Å². The number of anilines is 2. The summed E-state index contributed by atoms with van der Waals surface area (Å²) in [5.74, 6) is 1.99. The molecular weight excluding hydrogens is 504 g/mol. The third-order valence-electron chi connectivity index (χ3n) is 5.95. The van der Waals surface area contributed by atoms with Gasteiger partial charge >= 0.3 is 0 Å². The summed E-state index contributed by atoms with van der Waals surface area (Å²) in [5, 5.41) is 21.5. The standard InChI is InChI=1S/C19H28N6O8S2/c26-14-12(9-30-18-16(20-34-22-18)24-1-5-28-6-2-24)32-11-33-13(15(14)27)10-31-19-17(21-35-23-19)25-3-7-29-8-4-25/h12-15,26-27H,1-11H2/t12-,13+,14-,15+. The molecule has 3 fully saturated rings. The molecule has 0 aromatic carbocycles. The molecular formula is C19H28N6O8S2. The van der Waals surface area contributed by atoms with Crippen molar-refractivity contribution in [3.8, 4) is 11.8 Å². The highest BCUT2D eigenvalue weighted by Gasteiger charge is 2.38. The van der Waals surface area contributed by atoms with Crippen molar-refractivity contribution >= 4 is 35.1 Å². The van der Waals surface area contributed by atoms with E-state index in [1.54, 1.807) is 0 Å². The SMILES string of the molecule is O[C@@H]1[C@H](O)[C@@H](COc2nsnc2N2CCOCC2)OCO[C@H]1COc1nsnc1N1CCOCC1. The van der Waals surface area contributed by atoms with Gasteiger partial charge in [-0.15, -0.1) is 8.75 Å². The van der Waals surface area contributed by atoms with Crippen LogP contribution in [-0.4, -0.2) is 125 Å². The summed E-state index contributed by atoms with van der Waals surface area (Å²) in [6.07, 6.45) is -4.20. The van der Waals surface area contributed by atoms with Gasteiger partial charge in [0, 0.05) is 26.2 Å². The highest BCUT2D eigenvalue weighted by Crippen LogP contribution is 2.29. The summed E-state index contributed by atoms with van der Waals surface area (Å²) < 4.78 is 50.7. The van der Waals surface area contributed by atoms with Crippen molar-refractivity contribution in [1.29, 1.82) is 0 Å². The largest absolute Gasteiger partial charge is 0.472 e. The van der Waals surface area contributed by atoms with Crippen LogP contribution in [0, 0.1) is 0 Å². The second kappa shape index (κ2) is 11.9. The number of hydrogen-bond donors (Lipinski definition) is 2. The zero-order valence-electron chi connectivity index (χ0n) is 18.9. The highest BCUT2D eigenvalue weighted by molar-refractivity contribution is 6.99. The molecule has 5 rings (SSSR count). The monoisotopic (exact) mass is 532 g/mol. The molecule has 0 saturated carbocycles. The number of rotatable bonds is 8. The summed E-state index contributed by atoms with van der Waals surface area (Å²) >= 11 is 2.09. The Morgan fingerprint density at radius 1 is 0.714 bits per heavy atom. The predicted molar refractivity (Wildman–Crippen MR) is 123 cm³/mol. The van der Waals surface area contributed by atoms with E-state index in [2.05, 4.69) is 17.5 Å². The van der Waals surface area contributed by atoms with Gasteiger partial charge in [0.25, 0.3) is 11.8 Å². The fraction of sp³-hybridized carbons (Fsp3) is 0.789. The lowest BCUT2D eigenvalue weighted by atomic mass is 10.0. The maximum atomic E-state index is 10.8. The number of morpholine rings is 2. The average Bonchev–Trinajstić information content (AvgIpc) is 3.55. The van der Waals surface area contributed by atoms with E-state index in [0.29, 0.717) is 76.0 Å². The van der Waals surface area contributed by atoms with Crippen LogP contribution in [-0.2, 0) is 18.9 Å². The molecule has 194 valence electrons.